The first-order valence-electron chi connectivity index (χ1n) is 8.55. The fourth-order valence-corrected chi connectivity index (χ4v) is 4.46. The molecule has 0 bridgehead atoms. The third-order valence-corrected chi connectivity index (χ3v) is 5.88. The van der Waals surface area contributed by atoms with Crippen molar-refractivity contribution in [3.05, 3.63) is 46.0 Å². The number of fused-ring (bicyclic) bond motifs is 2. The van der Waals surface area contributed by atoms with Crippen LogP contribution in [0.15, 0.2) is 24.3 Å². The number of likely N-dealkylation sites (N-methyl/N-ethyl adjacent to an activating group) is 1. The number of rotatable bonds is 3. The minimum Gasteiger partial charge on any atom is -0.301 e. The molecule has 26 heavy (non-hydrogen) atoms. The number of carbonyl (C=O) groups excluding carboxylic acids is 1. The maximum Gasteiger partial charge on any atom is 0.243 e. The van der Waals surface area contributed by atoms with Crippen LogP contribution in [0, 0.1) is 0 Å². The zero-order chi connectivity index (χ0) is 16.5. The van der Waals surface area contributed by atoms with E-state index in [1.165, 1.54) is 16.0 Å². The number of carbonyl (C=O) groups is 1. The zero-order valence-corrected chi connectivity index (χ0v) is 17.1. The van der Waals surface area contributed by atoms with Crippen LogP contribution in [0.2, 0.25) is 0 Å². The molecule has 2 aliphatic heterocycles. The summed E-state index contributed by atoms with van der Waals surface area (Å²) in [5.41, 5.74) is 3.70. The second-order valence-electron chi connectivity index (χ2n) is 6.40. The largest absolute Gasteiger partial charge is 0.301 e. The molecule has 0 saturated carbocycles. The predicted octanol–water partition coefficient (Wildman–Crippen LogP) is 3.02. The molecule has 1 aromatic heterocycles. The molecule has 3 heterocycles. The van der Waals surface area contributed by atoms with Crippen molar-refractivity contribution in [3.8, 4) is 0 Å². The minimum absolute atomic E-state index is 0. The third-order valence-electron chi connectivity index (χ3n) is 4.89. The lowest BCUT2D eigenvalue weighted by Crippen LogP contribution is -2.44. The van der Waals surface area contributed by atoms with E-state index in [9.17, 15) is 4.79 Å². The van der Waals surface area contributed by atoms with E-state index in [1.54, 1.807) is 11.3 Å². The molecule has 4 rings (SSSR count). The third kappa shape index (κ3) is 4.38. The molecule has 0 fully saturated rings. The Labute approximate surface area is 170 Å². The highest BCUT2D eigenvalue weighted by Crippen LogP contribution is 2.28. The monoisotopic (exact) mass is 414 g/mol. The lowest BCUT2D eigenvalue weighted by molar-refractivity contribution is -0.118. The molecule has 2 N–H and O–H groups in total. The molecule has 2 aromatic rings. The van der Waals surface area contributed by atoms with E-state index in [-0.39, 0.29) is 36.8 Å². The Kier molecular flexibility index (Phi) is 7.43. The Hall–Kier alpha value is -1.18. The number of thiazole rings is 1. The molecule has 2 aliphatic rings. The van der Waals surface area contributed by atoms with Gasteiger partial charge in [0.1, 0.15) is 0 Å². The van der Waals surface area contributed by atoms with Crippen LogP contribution in [0.5, 0.6) is 0 Å². The van der Waals surface area contributed by atoms with Crippen molar-refractivity contribution in [1.82, 2.24) is 15.2 Å². The number of hydrogen-bond donors (Lipinski definition) is 2. The summed E-state index contributed by atoms with van der Waals surface area (Å²) in [4.78, 5) is 20.9. The maximum atomic E-state index is 12.6. The Morgan fingerprint density at radius 1 is 1.35 bits per heavy atom. The number of nitrogens with one attached hydrogen (secondary N) is 2. The molecule has 0 radical (unpaired) electrons. The summed E-state index contributed by atoms with van der Waals surface area (Å²) in [5, 5.41) is 7.09. The highest BCUT2D eigenvalue weighted by molar-refractivity contribution is 7.15. The summed E-state index contributed by atoms with van der Waals surface area (Å²) in [5.74, 6) is 0.0166. The average molecular weight is 415 g/mol. The Morgan fingerprint density at radius 3 is 2.88 bits per heavy atom. The van der Waals surface area contributed by atoms with Gasteiger partial charge in [-0.05, 0) is 24.1 Å². The molecule has 0 spiro atoms. The first-order valence-corrected chi connectivity index (χ1v) is 9.36. The number of hydrogen-bond acceptors (Lipinski definition) is 5. The second-order valence-corrected chi connectivity index (χ2v) is 7.49. The van der Waals surface area contributed by atoms with E-state index in [0.29, 0.717) is 0 Å². The van der Waals surface area contributed by atoms with Crippen molar-refractivity contribution in [2.75, 3.05) is 18.4 Å². The molecule has 0 aliphatic carbocycles. The summed E-state index contributed by atoms with van der Waals surface area (Å²) in [6.45, 7) is 6.00. The molecule has 1 atom stereocenters. The number of aromatic nitrogens is 1. The SMILES string of the molecule is CCN1CCc2nc(NC(=O)C3Cc4ccccc4CN3)sc2C1.Cl.Cl. The van der Waals surface area contributed by atoms with Gasteiger partial charge in [-0.15, -0.1) is 36.2 Å². The van der Waals surface area contributed by atoms with E-state index >= 15 is 0 Å². The standard InChI is InChI=1S/C18H22N4OS.2ClH/c1-2-22-8-7-14-16(11-22)24-18(20-14)21-17(23)15-9-12-5-3-4-6-13(12)10-19-15;;/h3-6,15,19H,2,7-11H2,1H3,(H,20,21,23);2*1H. The van der Waals surface area contributed by atoms with Gasteiger partial charge in [0.25, 0.3) is 0 Å². The fourth-order valence-electron chi connectivity index (χ4n) is 3.40. The molecular weight excluding hydrogens is 391 g/mol. The van der Waals surface area contributed by atoms with Gasteiger partial charge >= 0.3 is 0 Å². The van der Waals surface area contributed by atoms with E-state index in [1.807, 2.05) is 12.1 Å². The number of anilines is 1. The molecule has 142 valence electrons. The van der Waals surface area contributed by atoms with E-state index < -0.39 is 0 Å². The van der Waals surface area contributed by atoms with Crippen LogP contribution < -0.4 is 10.6 Å². The van der Waals surface area contributed by atoms with Crippen molar-refractivity contribution in [3.63, 3.8) is 0 Å². The van der Waals surface area contributed by atoms with Crippen LogP contribution in [0.25, 0.3) is 0 Å². The number of benzene rings is 1. The van der Waals surface area contributed by atoms with Gasteiger partial charge < -0.3 is 10.6 Å². The normalized spacial score (nSPS) is 18.7. The van der Waals surface area contributed by atoms with Crippen molar-refractivity contribution < 1.29 is 4.79 Å². The summed E-state index contributed by atoms with van der Waals surface area (Å²) in [7, 11) is 0. The van der Waals surface area contributed by atoms with Crippen LogP contribution in [-0.4, -0.2) is 34.9 Å². The maximum absolute atomic E-state index is 12.6. The molecule has 5 nitrogen and oxygen atoms in total. The molecule has 0 saturated heterocycles. The van der Waals surface area contributed by atoms with Gasteiger partial charge in [0, 0.05) is 30.9 Å². The number of amides is 1. The van der Waals surface area contributed by atoms with Gasteiger partial charge in [-0.2, -0.15) is 0 Å². The van der Waals surface area contributed by atoms with Crippen LogP contribution in [0.4, 0.5) is 5.13 Å². The van der Waals surface area contributed by atoms with Crippen molar-refractivity contribution >= 4 is 47.2 Å². The van der Waals surface area contributed by atoms with E-state index in [4.69, 9.17) is 0 Å². The Balaban J connectivity index is 0.00000121. The lowest BCUT2D eigenvalue weighted by atomic mass is 9.95. The van der Waals surface area contributed by atoms with Crippen molar-refractivity contribution in [2.24, 2.45) is 0 Å². The summed E-state index contributed by atoms with van der Waals surface area (Å²) in [6, 6.07) is 8.12. The summed E-state index contributed by atoms with van der Waals surface area (Å²) in [6.07, 6.45) is 1.71. The van der Waals surface area contributed by atoms with E-state index in [2.05, 4.69) is 39.6 Å². The van der Waals surface area contributed by atoms with Gasteiger partial charge in [-0.25, -0.2) is 4.98 Å². The Morgan fingerprint density at radius 2 is 2.12 bits per heavy atom. The van der Waals surface area contributed by atoms with Crippen LogP contribution in [-0.2, 0) is 30.7 Å². The first-order chi connectivity index (χ1) is 11.7. The van der Waals surface area contributed by atoms with Gasteiger partial charge in [0.15, 0.2) is 5.13 Å². The first kappa shape index (κ1) is 21.1. The van der Waals surface area contributed by atoms with Crippen molar-refractivity contribution in [1.29, 1.82) is 0 Å². The smallest absolute Gasteiger partial charge is 0.243 e. The molecule has 1 amide bonds. The van der Waals surface area contributed by atoms with E-state index in [0.717, 1.165) is 49.8 Å². The topological polar surface area (TPSA) is 57.3 Å². The number of halogens is 2. The molecule has 1 unspecified atom stereocenters. The van der Waals surface area contributed by atoms with Gasteiger partial charge in [-0.1, -0.05) is 31.2 Å². The average Bonchev–Trinajstić information content (AvgIpc) is 3.02. The molecule has 8 heteroatoms. The minimum atomic E-state index is -0.187. The highest BCUT2D eigenvalue weighted by Gasteiger charge is 2.26. The number of nitrogens with zero attached hydrogens (tertiary/aromatic N) is 2. The zero-order valence-electron chi connectivity index (χ0n) is 14.7. The fraction of sp³-hybridized carbons (Fsp3) is 0.444. The quantitative estimate of drug-likeness (QED) is 0.809. The highest BCUT2D eigenvalue weighted by atomic mass is 35.5. The predicted molar refractivity (Wildman–Crippen MR) is 111 cm³/mol. The Bertz CT molecular complexity index is 767. The second kappa shape index (κ2) is 9.15. The van der Waals surface area contributed by atoms with Crippen molar-refractivity contribution in [2.45, 2.75) is 38.9 Å². The van der Waals surface area contributed by atoms with Crippen LogP contribution in [0.3, 0.4) is 0 Å². The lowest BCUT2D eigenvalue weighted by Gasteiger charge is -2.24. The van der Waals surface area contributed by atoms with Crippen LogP contribution >= 0.6 is 36.2 Å². The molecular formula is C18H24Cl2N4OS. The summed E-state index contributed by atoms with van der Waals surface area (Å²) < 4.78 is 0. The van der Waals surface area contributed by atoms with Gasteiger partial charge in [-0.3, -0.25) is 9.69 Å². The van der Waals surface area contributed by atoms with Crippen LogP contribution in [0.1, 0.15) is 28.6 Å². The van der Waals surface area contributed by atoms with Gasteiger partial charge in [0.2, 0.25) is 5.91 Å². The summed E-state index contributed by atoms with van der Waals surface area (Å²) >= 11 is 1.62. The molecule has 1 aromatic carbocycles. The van der Waals surface area contributed by atoms with Gasteiger partial charge in [0.05, 0.1) is 11.7 Å².